The van der Waals surface area contributed by atoms with Crippen molar-refractivity contribution >= 4 is 21.2 Å². The summed E-state index contributed by atoms with van der Waals surface area (Å²) in [7, 11) is -3.59. The maximum atomic E-state index is 11.9. The largest absolute Gasteiger partial charge is 0.506 e. The third-order valence-electron chi connectivity index (χ3n) is 3.13. The third-order valence-corrected chi connectivity index (χ3v) is 4.28. The van der Waals surface area contributed by atoms with Crippen LogP contribution >= 0.6 is 0 Å². The van der Waals surface area contributed by atoms with Gasteiger partial charge >= 0.3 is 0 Å². The molecule has 0 bridgehead atoms. The van der Waals surface area contributed by atoms with Gasteiger partial charge < -0.3 is 21.7 Å². The van der Waals surface area contributed by atoms with E-state index in [-0.39, 0.29) is 35.0 Å². The summed E-state index contributed by atoms with van der Waals surface area (Å²) in [6, 6.07) is 8.79. The Bertz CT molecular complexity index is 896. The molecule has 0 amide bonds. The molecular weight excluding hydrogens is 316 g/mol. The topological polar surface area (TPSA) is 127 Å². The highest BCUT2D eigenvalue weighted by atomic mass is 32.2. The van der Waals surface area contributed by atoms with Gasteiger partial charge in [-0.1, -0.05) is 6.07 Å². The molecule has 2 aromatic carbocycles. The predicted molar refractivity (Wildman–Crippen MR) is 89.4 cm³/mol. The van der Waals surface area contributed by atoms with Crippen molar-refractivity contribution in [3.8, 4) is 22.7 Å². The first-order valence-corrected chi connectivity index (χ1v) is 8.33. The minimum atomic E-state index is -3.59. The van der Waals surface area contributed by atoms with Crippen LogP contribution in [0.4, 0.5) is 11.4 Å². The van der Waals surface area contributed by atoms with Gasteiger partial charge in [0.15, 0.2) is 0 Å². The summed E-state index contributed by atoms with van der Waals surface area (Å²) >= 11 is 0. The van der Waals surface area contributed by atoms with Crippen LogP contribution in [0.5, 0.6) is 11.5 Å². The number of aromatic hydroxyl groups is 2. The summed E-state index contributed by atoms with van der Waals surface area (Å²) in [5, 5.41) is 20.9. The standard InChI is InChI=1S/C16H16N2O4S/c17-13-9-11(1-3-15(13)19)5-7-23(21,22)8-6-12-2-4-16(20)14(18)10-12/h1-4,9-10,19-20H,5,7,17-18H2. The van der Waals surface area contributed by atoms with Crippen molar-refractivity contribution in [2.75, 3.05) is 17.2 Å². The fraction of sp³-hybridized carbons (Fsp3) is 0.125. The summed E-state index contributed by atoms with van der Waals surface area (Å²) < 4.78 is 23.9. The second-order valence-electron chi connectivity index (χ2n) is 4.96. The van der Waals surface area contributed by atoms with E-state index in [2.05, 4.69) is 11.2 Å². The van der Waals surface area contributed by atoms with Crippen molar-refractivity contribution < 1.29 is 18.6 Å². The van der Waals surface area contributed by atoms with E-state index in [0.717, 1.165) is 0 Å². The van der Waals surface area contributed by atoms with Crippen molar-refractivity contribution in [1.82, 2.24) is 0 Å². The van der Waals surface area contributed by atoms with Crippen LogP contribution in [-0.2, 0) is 16.3 Å². The number of hydrogen-bond acceptors (Lipinski definition) is 6. The fourth-order valence-corrected chi connectivity index (χ4v) is 2.71. The Kier molecular flexibility index (Phi) is 4.67. The second-order valence-corrected chi connectivity index (χ2v) is 6.80. The number of sulfone groups is 1. The number of phenolic OH excluding ortho intramolecular Hbond substituents is 2. The van der Waals surface area contributed by atoms with Gasteiger partial charge in [0.25, 0.3) is 0 Å². The molecule has 0 saturated heterocycles. The Hall–Kier alpha value is -2.85. The van der Waals surface area contributed by atoms with Gasteiger partial charge in [-0.3, -0.25) is 0 Å². The van der Waals surface area contributed by atoms with Crippen LogP contribution in [0.25, 0.3) is 0 Å². The number of benzene rings is 2. The highest BCUT2D eigenvalue weighted by Crippen LogP contribution is 2.21. The average Bonchev–Trinajstić information content (AvgIpc) is 2.50. The van der Waals surface area contributed by atoms with Crippen LogP contribution in [0.3, 0.4) is 0 Å². The monoisotopic (exact) mass is 332 g/mol. The lowest BCUT2D eigenvalue weighted by atomic mass is 10.1. The van der Waals surface area contributed by atoms with Crippen molar-refractivity contribution in [2.24, 2.45) is 0 Å². The molecule has 2 rings (SSSR count). The number of aryl methyl sites for hydroxylation is 1. The molecule has 0 aliphatic heterocycles. The molecule has 0 atom stereocenters. The Balaban J connectivity index is 2.09. The Morgan fingerprint density at radius 3 is 2.17 bits per heavy atom. The zero-order chi connectivity index (χ0) is 17.0. The maximum absolute atomic E-state index is 11.9. The molecule has 0 aliphatic carbocycles. The number of nitrogens with two attached hydrogens (primary N) is 2. The first kappa shape index (κ1) is 16.5. The maximum Gasteiger partial charge on any atom is 0.217 e. The summed E-state index contributed by atoms with van der Waals surface area (Å²) in [6.45, 7) is 0. The van der Waals surface area contributed by atoms with E-state index in [9.17, 15) is 18.6 Å². The van der Waals surface area contributed by atoms with Crippen LogP contribution in [0.15, 0.2) is 36.4 Å². The molecule has 6 N–H and O–H groups in total. The normalized spacial score (nSPS) is 10.8. The number of anilines is 2. The Labute approximate surface area is 134 Å². The fourth-order valence-electron chi connectivity index (χ4n) is 1.83. The number of phenols is 2. The Morgan fingerprint density at radius 1 is 0.957 bits per heavy atom. The summed E-state index contributed by atoms with van der Waals surface area (Å²) in [5.41, 5.74) is 12.5. The van der Waals surface area contributed by atoms with Gasteiger partial charge in [0, 0.05) is 10.8 Å². The lowest BCUT2D eigenvalue weighted by molar-refractivity contribution is 0.477. The van der Waals surface area contributed by atoms with Gasteiger partial charge in [-0.05, 0) is 48.2 Å². The number of rotatable bonds is 3. The van der Waals surface area contributed by atoms with Gasteiger partial charge in [0.1, 0.15) is 11.5 Å². The lowest BCUT2D eigenvalue weighted by Crippen LogP contribution is -2.06. The molecule has 0 heterocycles. The molecule has 120 valence electrons. The van der Waals surface area contributed by atoms with Gasteiger partial charge in [0.05, 0.1) is 17.1 Å². The first-order chi connectivity index (χ1) is 10.8. The van der Waals surface area contributed by atoms with E-state index in [4.69, 9.17) is 11.5 Å². The van der Waals surface area contributed by atoms with Crippen molar-refractivity contribution in [1.29, 1.82) is 0 Å². The van der Waals surface area contributed by atoms with Crippen LogP contribution in [0.2, 0.25) is 0 Å². The Morgan fingerprint density at radius 2 is 1.57 bits per heavy atom. The smallest absolute Gasteiger partial charge is 0.217 e. The van der Waals surface area contributed by atoms with Crippen LogP contribution in [0, 0.1) is 11.2 Å². The van der Waals surface area contributed by atoms with Gasteiger partial charge in [-0.2, -0.15) is 0 Å². The van der Waals surface area contributed by atoms with Crippen LogP contribution in [0.1, 0.15) is 11.1 Å². The summed E-state index contributed by atoms with van der Waals surface area (Å²) in [4.78, 5) is 0. The van der Waals surface area contributed by atoms with Crippen molar-refractivity contribution in [3.05, 3.63) is 47.5 Å². The zero-order valence-corrected chi connectivity index (χ0v) is 13.0. The van der Waals surface area contributed by atoms with Crippen LogP contribution in [-0.4, -0.2) is 24.4 Å². The molecule has 0 fully saturated rings. The molecule has 0 saturated carbocycles. The molecule has 0 unspecified atom stereocenters. The average molecular weight is 332 g/mol. The van der Waals surface area contributed by atoms with Gasteiger partial charge in [-0.15, -0.1) is 0 Å². The molecule has 0 aliphatic rings. The van der Waals surface area contributed by atoms with E-state index in [1.165, 1.54) is 30.3 Å². The van der Waals surface area contributed by atoms with E-state index in [0.29, 0.717) is 11.1 Å². The SMILES string of the molecule is Nc1cc(C#CS(=O)(=O)CCc2ccc(O)c(N)c2)ccc1O. The molecular formula is C16H16N2O4S. The molecule has 0 aromatic heterocycles. The molecule has 0 spiro atoms. The summed E-state index contributed by atoms with van der Waals surface area (Å²) in [6.07, 6.45) is 0.235. The quantitative estimate of drug-likeness (QED) is 0.380. The molecule has 0 radical (unpaired) electrons. The summed E-state index contributed by atoms with van der Waals surface area (Å²) in [5.74, 6) is 2.23. The molecule has 23 heavy (non-hydrogen) atoms. The highest BCUT2D eigenvalue weighted by Gasteiger charge is 2.08. The third kappa shape index (κ3) is 4.56. The lowest BCUT2D eigenvalue weighted by Gasteiger charge is -2.03. The van der Waals surface area contributed by atoms with Crippen LogP contribution < -0.4 is 11.5 Å². The van der Waals surface area contributed by atoms with E-state index >= 15 is 0 Å². The molecule has 2 aromatic rings. The minimum Gasteiger partial charge on any atom is -0.506 e. The first-order valence-electron chi connectivity index (χ1n) is 6.68. The number of hydrogen-bond donors (Lipinski definition) is 4. The van der Waals surface area contributed by atoms with Gasteiger partial charge in [-0.25, -0.2) is 8.42 Å². The van der Waals surface area contributed by atoms with Crippen molar-refractivity contribution in [2.45, 2.75) is 6.42 Å². The molecule has 6 nitrogen and oxygen atoms in total. The van der Waals surface area contributed by atoms with E-state index in [1.807, 2.05) is 0 Å². The molecule has 7 heteroatoms. The highest BCUT2D eigenvalue weighted by molar-refractivity contribution is 7.96. The number of nitrogen functional groups attached to an aromatic ring is 2. The second kappa shape index (κ2) is 6.50. The predicted octanol–water partition coefficient (Wildman–Crippen LogP) is 1.23. The zero-order valence-electron chi connectivity index (χ0n) is 12.2. The van der Waals surface area contributed by atoms with E-state index in [1.54, 1.807) is 6.07 Å². The van der Waals surface area contributed by atoms with Crippen molar-refractivity contribution in [3.63, 3.8) is 0 Å². The minimum absolute atomic E-state index is 0.0404. The van der Waals surface area contributed by atoms with Gasteiger partial charge in [0.2, 0.25) is 9.84 Å². The van der Waals surface area contributed by atoms with E-state index < -0.39 is 9.84 Å².